The van der Waals surface area contributed by atoms with Crippen LogP contribution in [0.3, 0.4) is 0 Å². The Bertz CT molecular complexity index is 608. The molecule has 0 amide bonds. The van der Waals surface area contributed by atoms with E-state index in [1.807, 2.05) is 30.3 Å². The van der Waals surface area contributed by atoms with E-state index in [0.717, 1.165) is 28.4 Å². The summed E-state index contributed by atoms with van der Waals surface area (Å²) in [7, 11) is 1.71. The monoisotopic (exact) mass is 287 g/mol. The fraction of sp³-hybridized carbons (Fsp3) is 0.294. The van der Waals surface area contributed by atoms with Crippen LogP contribution in [-0.2, 0) is 6.54 Å². The second-order valence-corrected chi connectivity index (χ2v) is 5.57. The molecule has 0 aliphatic heterocycles. The number of rotatable bonds is 5. The number of hydrogen-bond acceptors (Lipinski definition) is 2. The average molecular weight is 288 g/mol. The molecule has 1 N–H and O–H groups in total. The first-order chi connectivity index (χ1) is 9.78. The Kier molecular flexibility index (Phi) is 3.95. The van der Waals surface area contributed by atoms with Gasteiger partial charge in [-0.15, -0.1) is 0 Å². The Morgan fingerprint density at radius 2 is 2.00 bits per heavy atom. The Balaban J connectivity index is 1.91. The Morgan fingerprint density at radius 3 is 2.70 bits per heavy atom. The highest BCUT2D eigenvalue weighted by molar-refractivity contribution is 6.33. The van der Waals surface area contributed by atoms with Gasteiger partial charge in [0.1, 0.15) is 5.75 Å². The first-order valence-electron chi connectivity index (χ1n) is 6.93. The summed E-state index contributed by atoms with van der Waals surface area (Å²) in [5.74, 6) is 0.925. The summed E-state index contributed by atoms with van der Waals surface area (Å²) < 4.78 is 5.45. The van der Waals surface area contributed by atoms with Crippen LogP contribution in [0.1, 0.15) is 18.4 Å². The van der Waals surface area contributed by atoms with E-state index in [-0.39, 0.29) is 0 Å². The van der Waals surface area contributed by atoms with E-state index in [2.05, 4.69) is 17.4 Å². The van der Waals surface area contributed by atoms with Crippen molar-refractivity contribution in [3.05, 3.63) is 53.1 Å². The molecule has 0 radical (unpaired) electrons. The van der Waals surface area contributed by atoms with Crippen LogP contribution in [0.4, 0.5) is 0 Å². The van der Waals surface area contributed by atoms with Crippen molar-refractivity contribution >= 4 is 11.6 Å². The lowest BCUT2D eigenvalue weighted by Crippen LogP contribution is -2.15. The molecule has 0 spiro atoms. The molecular weight excluding hydrogens is 270 g/mol. The van der Waals surface area contributed by atoms with Gasteiger partial charge in [-0.05, 0) is 36.6 Å². The molecule has 1 saturated carbocycles. The van der Waals surface area contributed by atoms with E-state index in [4.69, 9.17) is 16.3 Å². The maximum absolute atomic E-state index is 6.28. The maximum atomic E-state index is 6.28. The van der Waals surface area contributed by atoms with Crippen LogP contribution in [0.2, 0.25) is 5.02 Å². The number of methoxy groups -OCH3 is 1. The Morgan fingerprint density at radius 1 is 1.20 bits per heavy atom. The predicted octanol–water partition coefficient (Wildman–Crippen LogP) is 4.27. The smallest absolute Gasteiger partial charge is 0.123 e. The molecule has 3 rings (SSSR count). The van der Waals surface area contributed by atoms with Crippen molar-refractivity contribution < 1.29 is 4.74 Å². The zero-order valence-electron chi connectivity index (χ0n) is 11.5. The lowest BCUT2D eigenvalue weighted by molar-refractivity contribution is 0.407. The van der Waals surface area contributed by atoms with E-state index >= 15 is 0 Å². The molecule has 2 aromatic carbocycles. The number of nitrogens with one attached hydrogen (secondary N) is 1. The maximum Gasteiger partial charge on any atom is 0.123 e. The van der Waals surface area contributed by atoms with Crippen molar-refractivity contribution in [2.75, 3.05) is 7.11 Å². The minimum absolute atomic E-state index is 0.684. The highest BCUT2D eigenvalue weighted by Crippen LogP contribution is 2.31. The van der Waals surface area contributed by atoms with Gasteiger partial charge in [0.2, 0.25) is 0 Å². The van der Waals surface area contributed by atoms with Gasteiger partial charge in [-0.3, -0.25) is 0 Å². The molecule has 1 aliphatic rings. The first kappa shape index (κ1) is 13.5. The summed E-state index contributed by atoms with van der Waals surface area (Å²) in [5, 5.41) is 4.30. The molecule has 1 aliphatic carbocycles. The van der Waals surface area contributed by atoms with E-state index in [9.17, 15) is 0 Å². The molecule has 104 valence electrons. The summed E-state index contributed by atoms with van der Waals surface area (Å²) in [6.45, 7) is 0.839. The number of halogens is 1. The molecule has 0 heterocycles. The molecule has 3 heteroatoms. The van der Waals surface area contributed by atoms with Crippen molar-refractivity contribution in [1.29, 1.82) is 0 Å². The fourth-order valence-electron chi connectivity index (χ4n) is 2.32. The first-order valence-corrected chi connectivity index (χ1v) is 7.31. The third-order valence-corrected chi connectivity index (χ3v) is 3.95. The molecule has 0 bridgehead atoms. The lowest BCUT2D eigenvalue weighted by Gasteiger charge is -2.12. The molecule has 20 heavy (non-hydrogen) atoms. The van der Waals surface area contributed by atoms with Gasteiger partial charge < -0.3 is 10.1 Å². The van der Waals surface area contributed by atoms with Crippen molar-refractivity contribution in [3.63, 3.8) is 0 Å². The van der Waals surface area contributed by atoms with Gasteiger partial charge >= 0.3 is 0 Å². The van der Waals surface area contributed by atoms with E-state index in [1.165, 1.54) is 18.4 Å². The largest absolute Gasteiger partial charge is 0.496 e. The minimum Gasteiger partial charge on any atom is -0.496 e. The normalized spacial score (nSPS) is 14.3. The van der Waals surface area contributed by atoms with Crippen molar-refractivity contribution in [3.8, 4) is 16.9 Å². The zero-order chi connectivity index (χ0) is 13.9. The summed E-state index contributed by atoms with van der Waals surface area (Å²) in [4.78, 5) is 0. The second kappa shape index (κ2) is 5.86. The summed E-state index contributed by atoms with van der Waals surface area (Å²) in [6, 6.07) is 14.8. The van der Waals surface area contributed by atoms with E-state index < -0.39 is 0 Å². The van der Waals surface area contributed by atoms with Gasteiger partial charge in [0.15, 0.2) is 0 Å². The summed E-state index contributed by atoms with van der Waals surface area (Å²) in [6.07, 6.45) is 2.57. The van der Waals surface area contributed by atoms with Gasteiger partial charge in [0.05, 0.1) is 7.11 Å². The second-order valence-electron chi connectivity index (χ2n) is 5.16. The van der Waals surface area contributed by atoms with E-state index in [1.54, 1.807) is 7.11 Å². The Hall–Kier alpha value is -1.51. The molecule has 0 saturated heterocycles. The summed E-state index contributed by atoms with van der Waals surface area (Å²) >= 11 is 6.28. The molecule has 0 atom stereocenters. The topological polar surface area (TPSA) is 21.3 Å². The van der Waals surface area contributed by atoms with Gasteiger partial charge in [-0.2, -0.15) is 0 Å². The SMILES string of the molecule is COc1ccc(-c2ccccc2Cl)cc1CNC1CC1. The third-order valence-electron chi connectivity index (χ3n) is 3.62. The average Bonchev–Trinajstić information content (AvgIpc) is 3.29. The quantitative estimate of drug-likeness (QED) is 0.887. The van der Waals surface area contributed by atoms with Crippen LogP contribution in [-0.4, -0.2) is 13.2 Å². The van der Waals surface area contributed by atoms with Gasteiger partial charge in [-0.1, -0.05) is 35.9 Å². The Labute approximate surface area is 124 Å². The number of hydrogen-bond donors (Lipinski definition) is 1. The van der Waals surface area contributed by atoms with Crippen LogP contribution in [0.15, 0.2) is 42.5 Å². The zero-order valence-corrected chi connectivity index (χ0v) is 12.3. The van der Waals surface area contributed by atoms with Crippen LogP contribution < -0.4 is 10.1 Å². The highest BCUT2D eigenvalue weighted by Gasteiger charge is 2.20. The summed E-state index contributed by atoms with van der Waals surface area (Å²) in [5.41, 5.74) is 3.37. The third kappa shape index (κ3) is 2.97. The van der Waals surface area contributed by atoms with E-state index in [0.29, 0.717) is 6.04 Å². The predicted molar refractivity (Wildman–Crippen MR) is 83.3 cm³/mol. The van der Waals surface area contributed by atoms with Crippen LogP contribution in [0.5, 0.6) is 5.75 Å². The van der Waals surface area contributed by atoms with Gasteiger partial charge in [0.25, 0.3) is 0 Å². The number of ether oxygens (including phenoxy) is 1. The minimum atomic E-state index is 0.684. The number of benzene rings is 2. The fourth-order valence-corrected chi connectivity index (χ4v) is 2.57. The van der Waals surface area contributed by atoms with Crippen LogP contribution in [0, 0.1) is 0 Å². The van der Waals surface area contributed by atoms with Crippen molar-refractivity contribution in [2.45, 2.75) is 25.4 Å². The molecule has 2 aromatic rings. The standard InChI is InChI=1S/C17H18ClNO/c1-20-17-9-6-12(15-4-2-3-5-16(15)18)10-13(17)11-19-14-7-8-14/h2-6,9-10,14,19H,7-8,11H2,1H3. The molecule has 1 fully saturated rings. The molecule has 0 unspecified atom stereocenters. The molecular formula is C17H18ClNO. The van der Waals surface area contributed by atoms with Gasteiger partial charge in [-0.25, -0.2) is 0 Å². The van der Waals surface area contributed by atoms with Crippen molar-refractivity contribution in [1.82, 2.24) is 5.32 Å². The van der Waals surface area contributed by atoms with Gasteiger partial charge in [0, 0.05) is 28.7 Å². The van der Waals surface area contributed by atoms with Crippen LogP contribution in [0.25, 0.3) is 11.1 Å². The molecule has 0 aromatic heterocycles. The highest BCUT2D eigenvalue weighted by atomic mass is 35.5. The van der Waals surface area contributed by atoms with Crippen molar-refractivity contribution in [2.24, 2.45) is 0 Å². The molecule has 2 nitrogen and oxygen atoms in total. The lowest BCUT2D eigenvalue weighted by atomic mass is 10.0. The van der Waals surface area contributed by atoms with Crippen LogP contribution >= 0.6 is 11.6 Å².